The highest BCUT2D eigenvalue weighted by Crippen LogP contribution is 2.34. The van der Waals surface area contributed by atoms with Gasteiger partial charge in [-0.1, -0.05) is 27.7 Å². The quantitative estimate of drug-likeness (QED) is 0.692. The van der Waals surface area contributed by atoms with Crippen LogP contribution in [0.5, 0.6) is 0 Å². The highest BCUT2D eigenvalue weighted by molar-refractivity contribution is 6.20. The molecule has 0 heterocycles. The number of carbonyl (C=O) groups excluding carboxylic acids is 5. The van der Waals surface area contributed by atoms with E-state index >= 15 is 0 Å². The third kappa shape index (κ3) is 5.81. The second kappa shape index (κ2) is 6.85. The molecule has 0 aromatic rings. The summed E-state index contributed by atoms with van der Waals surface area (Å²) in [6, 6.07) is 0. The van der Waals surface area contributed by atoms with E-state index in [-0.39, 0.29) is 46.2 Å². The van der Waals surface area contributed by atoms with Gasteiger partial charge in [-0.2, -0.15) is 0 Å². The summed E-state index contributed by atoms with van der Waals surface area (Å²) in [7, 11) is 0. The number of Topliss-reactive ketones (excluding diaryl/α,β-unsaturated/α-hetero) is 5. The lowest BCUT2D eigenvalue weighted by Crippen LogP contribution is -2.40. The molecule has 2 rings (SSSR count). The van der Waals surface area contributed by atoms with Gasteiger partial charge in [0, 0.05) is 25.7 Å². The minimum absolute atomic E-state index is 0.0770. The molecule has 2 aliphatic carbocycles. The lowest BCUT2D eigenvalue weighted by molar-refractivity contribution is -0.144. The summed E-state index contributed by atoms with van der Waals surface area (Å²) in [4.78, 5) is 55.6. The van der Waals surface area contributed by atoms with E-state index in [0.717, 1.165) is 0 Å². The van der Waals surface area contributed by atoms with Crippen molar-refractivity contribution in [3.8, 4) is 0 Å². The van der Waals surface area contributed by atoms with E-state index in [9.17, 15) is 24.0 Å². The largest absolute Gasteiger partial charge is 0.299 e. The van der Waals surface area contributed by atoms with Crippen molar-refractivity contribution >= 4 is 28.9 Å². The standard InChI is InChI=1S/C10H14O3.C8H12O2/c1-6(11)9-7(12)4-10(2,3)5-8(9)13;1-8(2)4-6(9)3-7(10)5-8/h9H,4-5H2,1-3H3;3-5H2,1-2H3. The molecule has 5 nitrogen and oxygen atoms in total. The lowest BCUT2D eigenvalue weighted by atomic mass is 9.70. The molecule has 0 aliphatic heterocycles. The van der Waals surface area contributed by atoms with Gasteiger partial charge in [0.1, 0.15) is 23.3 Å². The van der Waals surface area contributed by atoms with Gasteiger partial charge in [0.15, 0.2) is 11.6 Å². The maximum atomic E-state index is 11.4. The third-order valence-corrected chi connectivity index (χ3v) is 4.10. The van der Waals surface area contributed by atoms with Gasteiger partial charge in [-0.15, -0.1) is 0 Å². The van der Waals surface area contributed by atoms with Crippen LogP contribution in [0.25, 0.3) is 0 Å². The Bertz CT molecular complexity index is 516. The average Bonchev–Trinajstić information content (AvgIpc) is 2.21. The first-order chi connectivity index (χ1) is 10.3. The number of rotatable bonds is 1. The van der Waals surface area contributed by atoms with Crippen LogP contribution in [0.15, 0.2) is 0 Å². The van der Waals surface area contributed by atoms with E-state index in [4.69, 9.17) is 0 Å². The van der Waals surface area contributed by atoms with Crippen LogP contribution < -0.4 is 0 Å². The van der Waals surface area contributed by atoms with Gasteiger partial charge in [0.2, 0.25) is 0 Å². The monoisotopic (exact) mass is 322 g/mol. The Kier molecular flexibility index (Phi) is 5.78. The number of hydrogen-bond acceptors (Lipinski definition) is 5. The summed E-state index contributed by atoms with van der Waals surface area (Å²) < 4.78 is 0. The summed E-state index contributed by atoms with van der Waals surface area (Å²) in [5.41, 5.74) is -0.341. The Balaban J connectivity index is 0.000000238. The van der Waals surface area contributed by atoms with Crippen molar-refractivity contribution in [2.75, 3.05) is 0 Å². The van der Waals surface area contributed by atoms with Gasteiger partial charge in [-0.3, -0.25) is 24.0 Å². The van der Waals surface area contributed by atoms with Gasteiger partial charge >= 0.3 is 0 Å². The maximum Gasteiger partial charge on any atom is 0.151 e. The molecule has 2 aliphatic rings. The van der Waals surface area contributed by atoms with Crippen LogP contribution in [0.4, 0.5) is 0 Å². The molecule has 0 amide bonds. The van der Waals surface area contributed by atoms with Crippen LogP contribution in [-0.2, 0) is 24.0 Å². The highest BCUT2D eigenvalue weighted by atomic mass is 16.2. The van der Waals surface area contributed by atoms with E-state index in [2.05, 4.69) is 0 Å². The molecule has 0 bridgehead atoms. The molecule has 0 spiro atoms. The number of hydrogen-bond donors (Lipinski definition) is 0. The van der Waals surface area contributed by atoms with E-state index in [0.29, 0.717) is 25.7 Å². The van der Waals surface area contributed by atoms with E-state index in [1.807, 2.05) is 27.7 Å². The normalized spacial score (nSPS) is 24.0. The number of ketones is 5. The summed E-state index contributed by atoms with van der Waals surface area (Å²) in [6.45, 7) is 8.97. The fraction of sp³-hybridized carbons (Fsp3) is 0.722. The minimum atomic E-state index is -0.965. The fourth-order valence-electron chi connectivity index (χ4n) is 3.32. The Morgan fingerprint density at radius 1 is 0.783 bits per heavy atom. The van der Waals surface area contributed by atoms with Crippen molar-refractivity contribution < 1.29 is 24.0 Å². The molecular formula is C18H26O5. The second-order valence-corrected chi connectivity index (χ2v) is 8.27. The first kappa shape index (κ1) is 19.4. The zero-order chi connectivity index (χ0) is 18.0. The van der Waals surface area contributed by atoms with Crippen LogP contribution in [0, 0.1) is 16.7 Å². The third-order valence-electron chi connectivity index (χ3n) is 4.10. The van der Waals surface area contributed by atoms with Crippen LogP contribution in [0.3, 0.4) is 0 Å². The fourth-order valence-corrected chi connectivity index (χ4v) is 3.32. The maximum absolute atomic E-state index is 11.4. The second-order valence-electron chi connectivity index (χ2n) is 8.27. The zero-order valence-corrected chi connectivity index (χ0v) is 14.7. The van der Waals surface area contributed by atoms with E-state index < -0.39 is 5.92 Å². The Labute approximate surface area is 137 Å². The predicted molar refractivity (Wildman–Crippen MR) is 84.8 cm³/mol. The number of carbonyl (C=O) groups is 5. The molecule has 128 valence electrons. The van der Waals surface area contributed by atoms with Crippen molar-refractivity contribution in [1.82, 2.24) is 0 Å². The summed E-state index contributed by atoms with van der Waals surface area (Å²) in [5.74, 6) is -1.51. The molecule has 5 heteroatoms. The summed E-state index contributed by atoms with van der Waals surface area (Å²) >= 11 is 0. The summed E-state index contributed by atoms with van der Waals surface area (Å²) in [6.07, 6.45) is 1.98. The molecule has 0 saturated heterocycles. The molecule has 0 unspecified atom stereocenters. The molecule has 0 atom stereocenters. The first-order valence-corrected chi connectivity index (χ1v) is 7.92. The van der Waals surface area contributed by atoms with Gasteiger partial charge in [-0.05, 0) is 17.8 Å². The van der Waals surface area contributed by atoms with Crippen molar-refractivity contribution in [1.29, 1.82) is 0 Å². The first-order valence-electron chi connectivity index (χ1n) is 7.92. The van der Waals surface area contributed by atoms with Gasteiger partial charge < -0.3 is 0 Å². The molecular weight excluding hydrogens is 296 g/mol. The highest BCUT2D eigenvalue weighted by Gasteiger charge is 2.41. The minimum Gasteiger partial charge on any atom is -0.299 e. The zero-order valence-electron chi connectivity index (χ0n) is 14.7. The van der Waals surface area contributed by atoms with Gasteiger partial charge in [0.25, 0.3) is 0 Å². The molecule has 2 saturated carbocycles. The van der Waals surface area contributed by atoms with Crippen LogP contribution >= 0.6 is 0 Å². The lowest BCUT2D eigenvalue weighted by Gasteiger charge is -2.30. The van der Waals surface area contributed by atoms with E-state index in [1.165, 1.54) is 6.92 Å². The Hall–Kier alpha value is -1.65. The summed E-state index contributed by atoms with van der Waals surface area (Å²) in [5, 5.41) is 0. The van der Waals surface area contributed by atoms with Crippen molar-refractivity contribution in [3.63, 3.8) is 0 Å². The van der Waals surface area contributed by atoms with Gasteiger partial charge in [-0.25, -0.2) is 0 Å². The van der Waals surface area contributed by atoms with Crippen LogP contribution in [0.2, 0.25) is 0 Å². The SMILES string of the molecule is CC(=O)C1C(=O)CC(C)(C)CC1=O.CC1(C)CC(=O)CC(=O)C1. The molecule has 2 fully saturated rings. The molecule has 0 radical (unpaired) electrons. The van der Waals surface area contributed by atoms with Crippen molar-refractivity contribution in [2.24, 2.45) is 16.7 Å². The van der Waals surface area contributed by atoms with Crippen molar-refractivity contribution in [3.05, 3.63) is 0 Å². The van der Waals surface area contributed by atoms with Crippen molar-refractivity contribution in [2.45, 2.75) is 66.7 Å². The molecule has 0 aromatic carbocycles. The van der Waals surface area contributed by atoms with Gasteiger partial charge in [0.05, 0.1) is 6.42 Å². The topological polar surface area (TPSA) is 85.3 Å². The molecule has 0 aromatic heterocycles. The van der Waals surface area contributed by atoms with Crippen LogP contribution in [-0.4, -0.2) is 28.9 Å². The molecule has 0 N–H and O–H groups in total. The Morgan fingerprint density at radius 2 is 1.13 bits per heavy atom. The molecule has 23 heavy (non-hydrogen) atoms. The van der Waals surface area contributed by atoms with Crippen LogP contribution in [0.1, 0.15) is 66.7 Å². The average molecular weight is 322 g/mol. The predicted octanol–water partition coefficient (Wildman–Crippen LogP) is 2.48. The van der Waals surface area contributed by atoms with E-state index in [1.54, 1.807) is 0 Å². The Morgan fingerprint density at radius 3 is 1.43 bits per heavy atom. The smallest absolute Gasteiger partial charge is 0.151 e.